The van der Waals surface area contributed by atoms with Crippen LogP contribution >= 0.6 is 0 Å². The predicted molar refractivity (Wildman–Crippen MR) is 70.5 cm³/mol. The molecule has 0 fully saturated rings. The third-order valence-corrected chi connectivity index (χ3v) is 2.68. The predicted octanol–water partition coefficient (Wildman–Crippen LogP) is 0.806. The number of anilines is 4. The van der Waals surface area contributed by atoms with Gasteiger partial charge in [0.15, 0.2) is 11.8 Å². The number of aliphatic imine (C=N–C) groups is 1. The topological polar surface area (TPSA) is 136 Å². The van der Waals surface area contributed by atoms with Crippen LogP contribution in [-0.4, -0.2) is 18.8 Å². The minimum atomic E-state index is -0.809. The lowest BCUT2D eigenvalue weighted by molar-refractivity contribution is 1.14. The van der Waals surface area contributed by atoms with Gasteiger partial charge in [-0.25, -0.2) is 4.99 Å². The second-order valence-corrected chi connectivity index (χ2v) is 3.72. The lowest BCUT2D eigenvalue weighted by atomic mass is 10.1. The highest BCUT2D eigenvalue weighted by Crippen LogP contribution is 2.44. The molecule has 0 bridgehead atoms. The van der Waals surface area contributed by atoms with Crippen molar-refractivity contribution >= 4 is 34.1 Å². The van der Waals surface area contributed by atoms with Crippen molar-refractivity contribution in [3.05, 3.63) is 6.07 Å². The molecule has 0 amide bonds. The van der Waals surface area contributed by atoms with E-state index in [1.165, 1.54) is 0 Å². The zero-order chi connectivity index (χ0) is 13.3. The molecule has 1 aliphatic heterocycles. The van der Waals surface area contributed by atoms with Gasteiger partial charge in [0.05, 0.1) is 28.8 Å². The zero-order valence-corrected chi connectivity index (χ0v) is 9.65. The van der Waals surface area contributed by atoms with Gasteiger partial charge < -0.3 is 22.1 Å². The second kappa shape index (κ2) is 4.15. The Morgan fingerprint density at radius 2 is 2.17 bits per heavy atom. The van der Waals surface area contributed by atoms with Crippen LogP contribution in [0.4, 0.5) is 28.4 Å². The molecular weight excluding hydrogens is 230 g/mol. The first-order valence-corrected chi connectivity index (χ1v) is 5.17. The summed E-state index contributed by atoms with van der Waals surface area (Å²) in [5, 5.41) is 23.7. The lowest BCUT2D eigenvalue weighted by Gasteiger charge is -2.23. The molecule has 18 heavy (non-hydrogen) atoms. The second-order valence-electron chi connectivity index (χ2n) is 3.72. The molecule has 1 aliphatic rings. The Balaban J connectivity index is 2.72. The fourth-order valence-corrected chi connectivity index (χ4v) is 1.74. The summed E-state index contributed by atoms with van der Waals surface area (Å²) < 4.78 is 0. The first kappa shape index (κ1) is 11.6. The van der Waals surface area contributed by atoms with Crippen molar-refractivity contribution in [2.75, 3.05) is 29.1 Å². The first-order chi connectivity index (χ1) is 8.62. The van der Waals surface area contributed by atoms with Crippen molar-refractivity contribution in [1.29, 1.82) is 10.5 Å². The molecule has 90 valence electrons. The van der Waals surface area contributed by atoms with Gasteiger partial charge >= 0.3 is 0 Å². The van der Waals surface area contributed by atoms with E-state index in [-0.39, 0.29) is 5.71 Å². The number of nitrogens with one attached hydrogen (secondary N) is 2. The molecule has 1 aromatic rings. The quantitative estimate of drug-likeness (QED) is 0.537. The number of hydrogen-bond donors (Lipinski definition) is 4. The molecule has 0 saturated carbocycles. The molecule has 0 aliphatic carbocycles. The van der Waals surface area contributed by atoms with E-state index in [0.717, 1.165) is 0 Å². The molecule has 7 heteroatoms. The van der Waals surface area contributed by atoms with Crippen LogP contribution in [0.25, 0.3) is 0 Å². The monoisotopic (exact) mass is 241 g/mol. The van der Waals surface area contributed by atoms with Gasteiger partial charge in [0.25, 0.3) is 0 Å². The van der Waals surface area contributed by atoms with Gasteiger partial charge in [-0.05, 0) is 6.07 Å². The number of nitrogens with zero attached hydrogens (tertiary/aromatic N) is 3. The van der Waals surface area contributed by atoms with E-state index in [4.69, 9.17) is 22.0 Å². The molecule has 7 nitrogen and oxygen atoms in total. The summed E-state index contributed by atoms with van der Waals surface area (Å²) >= 11 is 0. The summed E-state index contributed by atoms with van der Waals surface area (Å²) in [6.45, 7) is 0. The van der Waals surface area contributed by atoms with Crippen LogP contribution in [0.1, 0.15) is 0 Å². The molecule has 1 unspecified atom stereocenters. The number of fused-ring (bicyclic) bond motifs is 1. The summed E-state index contributed by atoms with van der Waals surface area (Å²) in [5.74, 6) is 0. The minimum Gasteiger partial charge on any atom is -0.397 e. The summed E-state index contributed by atoms with van der Waals surface area (Å²) in [5.41, 5.74) is 14.1. The fourth-order valence-electron chi connectivity index (χ4n) is 1.74. The van der Waals surface area contributed by atoms with Crippen LogP contribution in [0.2, 0.25) is 0 Å². The average molecular weight is 241 g/mol. The van der Waals surface area contributed by atoms with Crippen LogP contribution in [0.5, 0.6) is 0 Å². The number of hydrogen-bond acceptors (Lipinski definition) is 7. The van der Waals surface area contributed by atoms with E-state index in [1.807, 2.05) is 12.1 Å². The molecular formula is C11H11N7. The maximum Gasteiger partial charge on any atom is 0.167 e. The Hall–Kier alpha value is -2.93. The van der Waals surface area contributed by atoms with Crippen molar-refractivity contribution in [3.8, 4) is 12.1 Å². The van der Waals surface area contributed by atoms with E-state index in [0.29, 0.717) is 28.4 Å². The third kappa shape index (κ3) is 1.55. The van der Waals surface area contributed by atoms with E-state index < -0.39 is 6.04 Å². The normalized spacial score (nSPS) is 16.6. The van der Waals surface area contributed by atoms with Crippen molar-refractivity contribution in [2.24, 2.45) is 4.99 Å². The zero-order valence-electron chi connectivity index (χ0n) is 9.65. The van der Waals surface area contributed by atoms with Crippen LogP contribution in [0, 0.1) is 22.7 Å². The van der Waals surface area contributed by atoms with E-state index in [1.54, 1.807) is 13.1 Å². The van der Waals surface area contributed by atoms with Crippen LogP contribution in [0.3, 0.4) is 0 Å². The van der Waals surface area contributed by atoms with Crippen molar-refractivity contribution in [2.45, 2.75) is 6.04 Å². The summed E-state index contributed by atoms with van der Waals surface area (Å²) in [6.07, 6.45) is 0. The number of rotatable bonds is 1. The third-order valence-electron chi connectivity index (χ3n) is 2.68. The van der Waals surface area contributed by atoms with Crippen LogP contribution in [-0.2, 0) is 0 Å². The van der Waals surface area contributed by atoms with E-state index in [2.05, 4.69) is 15.6 Å². The fraction of sp³-hybridized carbons (Fsp3) is 0.182. The van der Waals surface area contributed by atoms with Crippen molar-refractivity contribution in [3.63, 3.8) is 0 Å². The van der Waals surface area contributed by atoms with Gasteiger partial charge in [-0.2, -0.15) is 10.5 Å². The smallest absolute Gasteiger partial charge is 0.167 e. The largest absolute Gasteiger partial charge is 0.397 e. The van der Waals surface area contributed by atoms with E-state index in [9.17, 15) is 0 Å². The standard InChI is InChI=1S/C11H11N7/c1-16-6-2-5(14)9(15)11-10(6)17-7(3-12)8(4-13)18-11/h2,8,16,18H,14-15H2,1H3. The maximum absolute atomic E-state index is 8.97. The molecule has 0 saturated heterocycles. The van der Waals surface area contributed by atoms with Gasteiger partial charge in [0, 0.05) is 7.05 Å². The highest BCUT2D eigenvalue weighted by Gasteiger charge is 2.26. The lowest BCUT2D eigenvalue weighted by Crippen LogP contribution is -2.30. The molecule has 6 N–H and O–H groups in total. The minimum absolute atomic E-state index is 0.102. The Labute approximate surface area is 104 Å². The average Bonchev–Trinajstić information content (AvgIpc) is 2.41. The Morgan fingerprint density at radius 1 is 1.44 bits per heavy atom. The Bertz CT molecular complexity index is 618. The highest BCUT2D eigenvalue weighted by atomic mass is 15.1. The van der Waals surface area contributed by atoms with Gasteiger partial charge in [-0.1, -0.05) is 0 Å². The van der Waals surface area contributed by atoms with E-state index >= 15 is 0 Å². The van der Waals surface area contributed by atoms with Crippen LogP contribution in [0.15, 0.2) is 11.1 Å². The number of nitrogens with two attached hydrogens (primary N) is 2. The van der Waals surface area contributed by atoms with Gasteiger partial charge in [0.1, 0.15) is 11.8 Å². The van der Waals surface area contributed by atoms with Gasteiger partial charge in [0.2, 0.25) is 0 Å². The van der Waals surface area contributed by atoms with Gasteiger partial charge in [-0.3, -0.25) is 0 Å². The molecule has 0 spiro atoms. The van der Waals surface area contributed by atoms with Crippen LogP contribution < -0.4 is 22.1 Å². The summed E-state index contributed by atoms with van der Waals surface area (Å²) in [7, 11) is 1.71. The summed E-state index contributed by atoms with van der Waals surface area (Å²) in [6, 6.07) is 4.68. The SMILES string of the molecule is CNc1cc(N)c(N)c2c1N=C(C#N)C(C#N)N2. The highest BCUT2D eigenvalue weighted by molar-refractivity contribution is 6.13. The van der Waals surface area contributed by atoms with Crippen molar-refractivity contribution in [1.82, 2.24) is 0 Å². The molecule has 2 rings (SSSR count). The maximum atomic E-state index is 8.97. The molecule has 0 aromatic heterocycles. The molecule has 1 aromatic carbocycles. The Morgan fingerprint density at radius 3 is 2.72 bits per heavy atom. The number of nitrogen functional groups attached to an aromatic ring is 2. The Kier molecular flexibility index (Phi) is 2.66. The molecule has 1 heterocycles. The van der Waals surface area contributed by atoms with Crippen molar-refractivity contribution < 1.29 is 0 Å². The molecule has 0 radical (unpaired) electrons. The molecule has 1 atom stereocenters. The van der Waals surface area contributed by atoms with Gasteiger partial charge in [-0.15, -0.1) is 0 Å². The number of benzene rings is 1. The number of nitriles is 2. The summed E-state index contributed by atoms with van der Waals surface area (Å²) in [4.78, 5) is 4.16. The first-order valence-electron chi connectivity index (χ1n) is 5.17.